The Balaban J connectivity index is 1.37. The molecule has 0 spiro atoms. The highest BCUT2D eigenvalue weighted by Gasteiger charge is 2.40. The molecule has 1 unspecified atom stereocenters. The molecule has 0 bridgehead atoms. The summed E-state index contributed by atoms with van der Waals surface area (Å²) >= 11 is 13.0. The van der Waals surface area contributed by atoms with Gasteiger partial charge < -0.3 is 4.74 Å². The predicted molar refractivity (Wildman–Crippen MR) is 131 cm³/mol. The van der Waals surface area contributed by atoms with E-state index < -0.39 is 17.8 Å². The number of esters is 1. The first-order valence-electron chi connectivity index (χ1n) is 10.2. The quantitative estimate of drug-likeness (QED) is 0.237. The van der Waals surface area contributed by atoms with Crippen molar-refractivity contribution in [1.29, 1.82) is 0 Å². The highest BCUT2D eigenvalue weighted by atomic mass is 35.5. The summed E-state index contributed by atoms with van der Waals surface area (Å²) in [6, 6.07) is 19.2. The fraction of sp³-hybridized carbons (Fsp3) is 0.120. The molecule has 0 aliphatic carbocycles. The first-order chi connectivity index (χ1) is 16.3. The number of hydrogen-bond acceptors (Lipinski definition) is 6. The van der Waals surface area contributed by atoms with E-state index in [-0.39, 0.29) is 29.6 Å². The maximum atomic E-state index is 12.9. The van der Waals surface area contributed by atoms with E-state index in [9.17, 15) is 19.2 Å². The molecule has 0 aromatic heterocycles. The number of rotatable bonds is 7. The third-order valence-electron chi connectivity index (χ3n) is 5.06. The highest BCUT2D eigenvalue weighted by Crippen LogP contribution is 2.34. The van der Waals surface area contributed by atoms with Crippen LogP contribution >= 0.6 is 35.0 Å². The Labute approximate surface area is 209 Å². The van der Waals surface area contributed by atoms with E-state index in [4.69, 9.17) is 27.9 Å². The Morgan fingerprint density at radius 2 is 1.41 bits per heavy atom. The van der Waals surface area contributed by atoms with Gasteiger partial charge in [-0.25, -0.2) is 9.69 Å². The van der Waals surface area contributed by atoms with Gasteiger partial charge in [0, 0.05) is 26.9 Å². The topological polar surface area (TPSA) is 80.8 Å². The molecule has 1 fully saturated rings. The smallest absolute Gasteiger partial charge is 0.338 e. The lowest BCUT2D eigenvalue weighted by Gasteiger charge is -2.15. The summed E-state index contributed by atoms with van der Waals surface area (Å²) in [7, 11) is 0. The molecule has 3 aromatic rings. The van der Waals surface area contributed by atoms with Gasteiger partial charge in [0.15, 0.2) is 12.4 Å². The summed E-state index contributed by atoms with van der Waals surface area (Å²) in [6.45, 7) is -0.422. The van der Waals surface area contributed by atoms with Gasteiger partial charge in [0.25, 0.3) is 0 Å². The zero-order valence-corrected chi connectivity index (χ0v) is 19.9. The summed E-state index contributed by atoms with van der Waals surface area (Å²) in [4.78, 5) is 51.8. The normalized spacial score (nSPS) is 15.5. The Kier molecular flexibility index (Phi) is 7.36. The number of ketones is 1. The maximum Gasteiger partial charge on any atom is 0.338 e. The largest absolute Gasteiger partial charge is 0.454 e. The first-order valence-corrected chi connectivity index (χ1v) is 11.8. The lowest BCUT2D eigenvalue weighted by Crippen LogP contribution is -2.31. The van der Waals surface area contributed by atoms with Crippen LogP contribution in [0.25, 0.3) is 0 Å². The van der Waals surface area contributed by atoms with Crippen LogP contribution in [0.5, 0.6) is 0 Å². The van der Waals surface area contributed by atoms with Gasteiger partial charge in [0.05, 0.1) is 16.5 Å². The molecule has 1 atom stereocenters. The minimum Gasteiger partial charge on any atom is -0.454 e. The number of Topliss-reactive ketones (excluding diaryl/α,β-unsaturated/α-hetero) is 1. The SMILES string of the molecule is O=C(COC(=O)c1ccc(N2C(=O)CC(Sc3ccc(Cl)cc3)C2=O)cc1)c1ccc(Cl)cc1. The molecule has 6 nitrogen and oxygen atoms in total. The summed E-state index contributed by atoms with van der Waals surface area (Å²) in [5, 5.41) is 0.545. The highest BCUT2D eigenvalue weighted by molar-refractivity contribution is 8.00. The van der Waals surface area contributed by atoms with Gasteiger partial charge in [0.2, 0.25) is 11.8 Å². The molecule has 0 radical (unpaired) electrons. The second kappa shape index (κ2) is 10.4. The van der Waals surface area contributed by atoms with E-state index in [0.29, 0.717) is 21.3 Å². The minimum absolute atomic E-state index is 0.0722. The summed E-state index contributed by atoms with van der Waals surface area (Å²) < 4.78 is 5.09. The number of carbonyl (C=O) groups excluding carboxylic acids is 4. The lowest BCUT2D eigenvalue weighted by atomic mass is 10.1. The number of benzene rings is 3. The molecule has 0 N–H and O–H groups in total. The summed E-state index contributed by atoms with van der Waals surface area (Å²) in [5.74, 6) is -1.70. The number of anilines is 1. The van der Waals surface area contributed by atoms with Crippen molar-refractivity contribution >= 4 is 64.2 Å². The van der Waals surface area contributed by atoms with E-state index in [0.717, 1.165) is 9.80 Å². The summed E-state index contributed by atoms with van der Waals surface area (Å²) in [6.07, 6.45) is 0.0722. The number of thioether (sulfide) groups is 1. The van der Waals surface area contributed by atoms with Gasteiger partial charge in [-0.1, -0.05) is 23.2 Å². The van der Waals surface area contributed by atoms with E-state index in [1.165, 1.54) is 36.0 Å². The molecule has 1 heterocycles. The Morgan fingerprint density at radius 3 is 2.03 bits per heavy atom. The van der Waals surface area contributed by atoms with Crippen LogP contribution in [0.4, 0.5) is 5.69 Å². The van der Waals surface area contributed by atoms with Crippen LogP contribution in [-0.4, -0.2) is 35.4 Å². The van der Waals surface area contributed by atoms with Crippen molar-refractivity contribution in [3.63, 3.8) is 0 Å². The number of ether oxygens (including phenoxy) is 1. The van der Waals surface area contributed by atoms with Gasteiger partial charge in [-0.05, 0) is 72.8 Å². The van der Waals surface area contributed by atoms with E-state index in [2.05, 4.69) is 0 Å². The van der Waals surface area contributed by atoms with Crippen molar-refractivity contribution in [2.75, 3.05) is 11.5 Å². The fourth-order valence-corrected chi connectivity index (χ4v) is 4.63. The van der Waals surface area contributed by atoms with Crippen LogP contribution in [0.15, 0.2) is 77.7 Å². The Morgan fingerprint density at radius 1 is 0.853 bits per heavy atom. The monoisotopic (exact) mass is 513 g/mol. The second-order valence-corrected chi connectivity index (χ2v) is 9.53. The van der Waals surface area contributed by atoms with E-state index in [1.54, 1.807) is 48.5 Å². The fourth-order valence-electron chi connectivity index (χ4n) is 3.32. The van der Waals surface area contributed by atoms with Crippen LogP contribution in [0.1, 0.15) is 27.1 Å². The van der Waals surface area contributed by atoms with Crippen LogP contribution in [-0.2, 0) is 14.3 Å². The third-order valence-corrected chi connectivity index (χ3v) is 6.76. The molecule has 2 amide bonds. The third kappa shape index (κ3) is 5.50. The number of halogens is 2. The Bertz CT molecular complexity index is 1240. The number of carbonyl (C=O) groups is 4. The van der Waals surface area contributed by atoms with E-state index >= 15 is 0 Å². The first kappa shape index (κ1) is 24.0. The molecule has 3 aromatic carbocycles. The van der Waals surface area contributed by atoms with Crippen molar-refractivity contribution in [3.8, 4) is 0 Å². The standard InChI is InChI=1S/C25H17Cl2NO5S/c26-17-5-1-15(2-6-17)21(29)14-33-25(32)16-3-9-19(10-4-16)28-23(30)13-22(24(28)31)34-20-11-7-18(27)8-12-20/h1-12,22H,13-14H2. The van der Waals surface area contributed by atoms with Gasteiger partial charge in [-0.2, -0.15) is 0 Å². The summed E-state index contributed by atoms with van der Waals surface area (Å²) in [5.41, 5.74) is 0.937. The minimum atomic E-state index is -0.691. The van der Waals surface area contributed by atoms with Crippen LogP contribution in [0.2, 0.25) is 10.0 Å². The second-order valence-electron chi connectivity index (χ2n) is 7.38. The molecule has 34 heavy (non-hydrogen) atoms. The molecule has 4 rings (SSSR count). The zero-order chi connectivity index (χ0) is 24.2. The van der Waals surface area contributed by atoms with Gasteiger partial charge >= 0.3 is 5.97 Å². The molecule has 172 valence electrons. The Hall–Kier alpha value is -3.13. The van der Waals surface area contributed by atoms with Crippen LogP contribution in [0, 0.1) is 0 Å². The van der Waals surface area contributed by atoms with E-state index in [1.807, 2.05) is 0 Å². The van der Waals surface area contributed by atoms with Crippen LogP contribution in [0.3, 0.4) is 0 Å². The van der Waals surface area contributed by atoms with Gasteiger partial charge in [0.1, 0.15) is 0 Å². The lowest BCUT2D eigenvalue weighted by molar-refractivity contribution is -0.121. The predicted octanol–water partition coefficient (Wildman–Crippen LogP) is 5.46. The average molecular weight is 514 g/mol. The van der Waals surface area contributed by atoms with Crippen molar-refractivity contribution < 1.29 is 23.9 Å². The maximum absolute atomic E-state index is 12.9. The molecule has 1 saturated heterocycles. The molecular weight excluding hydrogens is 497 g/mol. The van der Waals surface area contributed by atoms with Crippen LogP contribution < -0.4 is 4.90 Å². The van der Waals surface area contributed by atoms with Crippen molar-refractivity contribution in [2.24, 2.45) is 0 Å². The number of nitrogens with zero attached hydrogens (tertiary/aromatic N) is 1. The molecule has 1 aliphatic heterocycles. The molecule has 9 heteroatoms. The van der Waals surface area contributed by atoms with Gasteiger partial charge in [-0.15, -0.1) is 11.8 Å². The number of hydrogen-bond donors (Lipinski definition) is 0. The zero-order valence-electron chi connectivity index (χ0n) is 17.6. The number of imide groups is 1. The molecule has 1 aliphatic rings. The molecular formula is C25H17Cl2NO5S. The van der Waals surface area contributed by atoms with Gasteiger partial charge in [-0.3, -0.25) is 14.4 Å². The average Bonchev–Trinajstić information content (AvgIpc) is 3.11. The number of amides is 2. The van der Waals surface area contributed by atoms with Crippen molar-refractivity contribution in [3.05, 3.63) is 94.0 Å². The molecule has 0 saturated carbocycles. The van der Waals surface area contributed by atoms with Crippen molar-refractivity contribution in [2.45, 2.75) is 16.6 Å². The van der Waals surface area contributed by atoms with Crippen molar-refractivity contribution in [1.82, 2.24) is 0 Å².